The SMILES string of the molecule is C=CC(C)(C)OC[C@H]1O[C@H](O[C@@H]2C3=C(C(C)C)C[C@H](O)[C@]3(C)/C=C3/[C@@H](CO)CC[C@H]3[C@@H](C)[C@H]2O)[C@H](O)[C@@H](O)[C@@H]1O. The molecule has 0 spiro atoms. The van der Waals surface area contributed by atoms with E-state index < -0.39 is 60.0 Å². The molecular weight excluding hydrogens is 516 g/mol. The molecule has 228 valence electrons. The molecule has 0 radical (unpaired) electrons. The molecule has 0 unspecified atom stereocenters. The van der Waals surface area contributed by atoms with Gasteiger partial charge in [0.15, 0.2) is 6.29 Å². The summed E-state index contributed by atoms with van der Waals surface area (Å²) in [6, 6.07) is 0. The van der Waals surface area contributed by atoms with Crippen molar-refractivity contribution in [3.05, 3.63) is 35.5 Å². The van der Waals surface area contributed by atoms with Crippen molar-refractivity contribution in [1.82, 2.24) is 0 Å². The maximum Gasteiger partial charge on any atom is 0.187 e. The van der Waals surface area contributed by atoms with Crippen LogP contribution in [0, 0.1) is 29.1 Å². The van der Waals surface area contributed by atoms with Crippen molar-refractivity contribution in [2.24, 2.45) is 29.1 Å². The summed E-state index contributed by atoms with van der Waals surface area (Å²) in [6.45, 7) is 15.3. The molecule has 40 heavy (non-hydrogen) atoms. The van der Waals surface area contributed by atoms with Crippen molar-refractivity contribution >= 4 is 0 Å². The first-order chi connectivity index (χ1) is 18.7. The van der Waals surface area contributed by atoms with E-state index in [0.29, 0.717) is 6.42 Å². The molecule has 1 heterocycles. The van der Waals surface area contributed by atoms with Gasteiger partial charge in [-0.05, 0) is 63.4 Å². The highest BCUT2D eigenvalue weighted by atomic mass is 16.7. The summed E-state index contributed by atoms with van der Waals surface area (Å²) in [5.41, 5.74) is 1.22. The van der Waals surface area contributed by atoms with Crippen molar-refractivity contribution in [2.75, 3.05) is 13.2 Å². The Morgan fingerprint density at radius 2 is 1.77 bits per heavy atom. The summed E-state index contributed by atoms with van der Waals surface area (Å²) in [6.07, 6.45) is -3.93. The van der Waals surface area contributed by atoms with Crippen LogP contribution in [0.3, 0.4) is 0 Å². The third-order valence-corrected chi connectivity index (χ3v) is 9.97. The lowest BCUT2D eigenvalue weighted by Crippen LogP contribution is -2.61. The zero-order valence-corrected chi connectivity index (χ0v) is 24.7. The first-order valence-electron chi connectivity index (χ1n) is 14.7. The van der Waals surface area contributed by atoms with E-state index in [-0.39, 0.29) is 36.9 Å². The Morgan fingerprint density at radius 3 is 2.38 bits per heavy atom. The molecule has 2 fully saturated rings. The molecule has 0 bridgehead atoms. The van der Waals surface area contributed by atoms with Crippen LogP contribution >= 0.6 is 0 Å². The molecule has 1 saturated heterocycles. The second-order valence-corrected chi connectivity index (χ2v) is 13.3. The first-order valence-corrected chi connectivity index (χ1v) is 14.7. The molecule has 0 aromatic heterocycles. The maximum absolute atomic E-state index is 11.9. The fourth-order valence-corrected chi connectivity index (χ4v) is 7.12. The molecule has 0 aromatic carbocycles. The Balaban J connectivity index is 1.74. The molecule has 4 aliphatic rings. The summed E-state index contributed by atoms with van der Waals surface area (Å²) in [5, 5.41) is 65.8. The average Bonchev–Trinajstić information content (AvgIpc) is 3.42. The smallest absolute Gasteiger partial charge is 0.187 e. The summed E-state index contributed by atoms with van der Waals surface area (Å²) < 4.78 is 18.3. The molecule has 1 saturated carbocycles. The summed E-state index contributed by atoms with van der Waals surface area (Å²) >= 11 is 0. The van der Waals surface area contributed by atoms with Crippen LogP contribution in [0.1, 0.15) is 60.8 Å². The minimum absolute atomic E-state index is 0.00109. The number of rotatable bonds is 8. The fraction of sp³-hybridized carbons (Fsp3) is 0.806. The molecule has 0 aromatic rings. The van der Waals surface area contributed by atoms with Gasteiger partial charge < -0.3 is 44.8 Å². The van der Waals surface area contributed by atoms with Crippen molar-refractivity contribution in [1.29, 1.82) is 0 Å². The van der Waals surface area contributed by atoms with Gasteiger partial charge in [-0.3, -0.25) is 0 Å². The van der Waals surface area contributed by atoms with Crippen LogP contribution < -0.4 is 0 Å². The van der Waals surface area contributed by atoms with Gasteiger partial charge in [-0.25, -0.2) is 0 Å². The lowest BCUT2D eigenvalue weighted by atomic mass is 9.68. The van der Waals surface area contributed by atoms with E-state index in [2.05, 4.69) is 12.7 Å². The van der Waals surface area contributed by atoms with Crippen LogP contribution in [0.25, 0.3) is 0 Å². The Kier molecular flexibility index (Phi) is 9.42. The Labute approximate surface area is 238 Å². The number of hydrogen-bond acceptors (Lipinski definition) is 9. The Bertz CT molecular complexity index is 989. The predicted molar refractivity (Wildman–Crippen MR) is 149 cm³/mol. The van der Waals surface area contributed by atoms with Gasteiger partial charge in [0, 0.05) is 17.9 Å². The van der Waals surface area contributed by atoms with Crippen molar-refractivity contribution in [2.45, 2.75) is 115 Å². The van der Waals surface area contributed by atoms with Crippen LogP contribution in [0.15, 0.2) is 35.5 Å². The van der Waals surface area contributed by atoms with E-state index in [1.807, 2.05) is 27.7 Å². The molecule has 4 rings (SSSR count). The van der Waals surface area contributed by atoms with Gasteiger partial charge in [-0.1, -0.05) is 44.1 Å². The predicted octanol–water partition coefficient (Wildman–Crippen LogP) is 1.84. The number of ether oxygens (including phenoxy) is 3. The van der Waals surface area contributed by atoms with E-state index >= 15 is 0 Å². The lowest BCUT2D eigenvalue weighted by Gasteiger charge is -2.46. The maximum atomic E-state index is 11.9. The van der Waals surface area contributed by atoms with Crippen LogP contribution in [0.2, 0.25) is 0 Å². The zero-order chi connectivity index (χ0) is 29.7. The van der Waals surface area contributed by atoms with Crippen molar-refractivity contribution in [3.8, 4) is 0 Å². The van der Waals surface area contributed by atoms with Gasteiger partial charge in [0.25, 0.3) is 0 Å². The van der Waals surface area contributed by atoms with Gasteiger partial charge in [-0.15, -0.1) is 6.58 Å². The van der Waals surface area contributed by atoms with E-state index in [4.69, 9.17) is 14.2 Å². The minimum atomic E-state index is -1.58. The first kappa shape index (κ1) is 31.8. The van der Waals surface area contributed by atoms with E-state index in [9.17, 15) is 30.6 Å². The highest BCUT2D eigenvalue weighted by Crippen LogP contribution is 2.55. The topological polar surface area (TPSA) is 149 Å². The highest BCUT2D eigenvalue weighted by molar-refractivity contribution is 5.43. The standard InChI is InChI=1S/C31H50O9/c1-8-30(5,6)38-14-21-25(35)26(36)27(37)29(39-21)40-28-23-19(15(2)3)11-22(33)31(23,7)12-20-17(13-32)9-10-18(20)16(4)24(28)34/h8,12,15-18,21-22,24-29,32-37H,1,9-11,13-14H2,2-7H3/b20-12-/t16-,17-,18+,21-,22+,24-,25-,26+,27-,28-,29-,31+/m1/s1. The van der Waals surface area contributed by atoms with Crippen molar-refractivity contribution < 1.29 is 44.8 Å². The second-order valence-electron chi connectivity index (χ2n) is 13.3. The number of aliphatic hydroxyl groups excluding tert-OH is 6. The summed E-state index contributed by atoms with van der Waals surface area (Å²) in [7, 11) is 0. The molecule has 6 N–H and O–H groups in total. The summed E-state index contributed by atoms with van der Waals surface area (Å²) in [5.74, 6) is -0.220. The minimum Gasteiger partial charge on any atom is -0.396 e. The van der Waals surface area contributed by atoms with Crippen LogP contribution in [-0.4, -0.2) is 98.5 Å². The molecule has 9 heteroatoms. The Hall–Kier alpha value is -1.14. The third kappa shape index (κ3) is 5.62. The van der Waals surface area contributed by atoms with E-state index in [1.54, 1.807) is 19.9 Å². The number of aliphatic hydroxyl groups is 6. The van der Waals surface area contributed by atoms with Gasteiger partial charge in [0.2, 0.25) is 0 Å². The molecular formula is C31H50O9. The quantitative estimate of drug-likeness (QED) is 0.242. The van der Waals surface area contributed by atoms with Gasteiger partial charge in [0.05, 0.1) is 24.4 Å². The number of fused-ring (bicyclic) bond motifs is 2. The normalized spacial score (nSPS) is 45.5. The fourth-order valence-electron chi connectivity index (χ4n) is 7.12. The molecule has 1 aliphatic heterocycles. The molecule has 0 amide bonds. The number of hydrogen-bond donors (Lipinski definition) is 6. The Morgan fingerprint density at radius 1 is 1.10 bits per heavy atom. The largest absolute Gasteiger partial charge is 0.396 e. The molecule has 9 nitrogen and oxygen atoms in total. The molecule has 3 aliphatic carbocycles. The van der Waals surface area contributed by atoms with Crippen LogP contribution in [0.5, 0.6) is 0 Å². The van der Waals surface area contributed by atoms with Gasteiger partial charge in [0.1, 0.15) is 30.5 Å². The average molecular weight is 567 g/mol. The second kappa shape index (κ2) is 11.9. The van der Waals surface area contributed by atoms with Crippen molar-refractivity contribution in [3.63, 3.8) is 0 Å². The van der Waals surface area contributed by atoms with Gasteiger partial charge >= 0.3 is 0 Å². The van der Waals surface area contributed by atoms with E-state index in [1.165, 1.54) is 0 Å². The van der Waals surface area contributed by atoms with E-state index in [0.717, 1.165) is 29.6 Å². The highest BCUT2D eigenvalue weighted by Gasteiger charge is 2.55. The summed E-state index contributed by atoms with van der Waals surface area (Å²) in [4.78, 5) is 0. The van der Waals surface area contributed by atoms with Crippen LogP contribution in [0.4, 0.5) is 0 Å². The molecule has 12 atom stereocenters. The van der Waals surface area contributed by atoms with Gasteiger partial charge in [-0.2, -0.15) is 0 Å². The van der Waals surface area contributed by atoms with Crippen LogP contribution in [-0.2, 0) is 14.2 Å². The lowest BCUT2D eigenvalue weighted by molar-refractivity contribution is -0.319. The zero-order valence-electron chi connectivity index (χ0n) is 24.7. The monoisotopic (exact) mass is 566 g/mol. The third-order valence-electron chi connectivity index (χ3n) is 9.97.